The molecule has 0 unspecified atom stereocenters. The van der Waals surface area contributed by atoms with Crippen molar-refractivity contribution in [2.75, 3.05) is 20.3 Å². The highest BCUT2D eigenvalue weighted by molar-refractivity contribution is 6.00. The number of nitrogens with two attached hydrogens (primary N) is 1. The van der Waals surface area contributed by atoms with Gasteiger partial charge in [0.2, 0.25) is 0 Å². The van der Waals surface area contributed by atoms with Crippen molar-refractivity contribution in [3.05, 3.63) is 59.2 Å². The number of primary amides is 1. The van der Waals surface area contributed by atoms with Crippen LogP contribution in [-0.2, 0) is 9.59 Å². The molecule has 2 aromatic rings. The summed E-state index contributed by atoms with van der Waals surface area (Å²) in [4.78, 5) is 23.6. The van der Waals surface area contributed by atoms with E-state index in [0.29, 0.717) is 30.3 Å². The molecule has 0 spiro atoms. The number of hydrogen-bond donors (Lipinski definition) is 1. The number of ether oxygens (including phenoxy) is 4. The summed E-state index contributed by atoms with van der Waals surface area (Å²) in [7, 11) is 1.41. The Balaban J connectivity index is 2.14. The van der Waals surface area contributed by atoms with Crippen molar-refractivity contribution in [3.8, 4) is 29.1 Å². The summed E-state index contributed by atoms with van der Waals surface area (Å²) < 4.78 is 22.1. The Kier molecular flexibility index (Phi) is 10.2. The molecule has 0 fully saturated rings. The van der Waals surface area contributed by atoms with Crippen molar-refractivity contribution in [1.82, 2.24) is 0 Å². The maximum absolute atomic E-state index is 12.4. The Hall–Kier alpha value is -4.25. The summed E-state index contributed by atoms with van der Waals surface area (Å²) >= 11 is 0. The quantitative estimate of drug-likeness (QED) is 0.164. The molecule has 0 aliphatic rings. The van der Waals surface area contributed by atoms with Gasteiger partial charge in [-0.2, -0.15) is 5.26 Å². The number of nitrogens with zero attached hydrogens (tertiary/aromatic N) is 1. The van der Waals surface area contributed by atoms with Crippen LogP contribution in [0, 0.1) is 11.3 Å². The molecule has 0 aromatic heterocycles. The lowest BCUT2D eigenvalue weighted by Crippen LogP contribution is -2.12. The number of hydrogen-bond acceptors (Lipinski definition) is 7. The fraction of sp³-hybridized carbons (Fsp3) is 0.269. The van der Waals surface area contributed by atoms with Crippen molar-refractivity contribution in [3.63, 3.8) is 0 Å². The van der Waals surface area contributed by atoms with E-state index >= 15 is 0 Å². The summed E-state index contributed by atoms with van der Waals surface area (Å²) in [5, 5.41) is 8.98. The van der Waals surface area contributed by atoms with Crippen LogP contribution >= 0.6 is 0 Å². The second-order valence-electron chi connectivity index (χ2n) is 7.04. The lowest BCUT2D eigenvalue weighted by atomic mass is 10.1. The summed E-state index contributed by atoms with van der Waals surface area (Å²) in [5.41, 5.74) is 6.18. The number of esters is 1. The SMILES string of the molecule is CCCCOc1ccc(/C=C/C(=O)Oc2ccc(/C=C(\C#N)C(N)=O)cc2OC)cc1OCC. The summed E-state index contributed by atoms with van der Waals surface area (Å²) in [6.45, 7) is 5.07. The lowest BCUT2D eigenvalue weighted by molar-refractivity contribution is -0.129. The molecule has 34 heavy (non-hydrogen) atoms. The fourth-order valence-corrected chi connectivity index (χ4v) is 2.83. The van der Waals surface area contributed by atoms with Crippen molar-refractivity contribution in [1.29, 1.82) is 5.26 Å². The summed E-state index contributed by atoms with van der Waals surface area (Å²) in [6, 6.07) is 11.7. The highest BCUT2D eigenvalue weighted by Crippen LogP contribution is 2.30. The van der Waals surface area contributed by atoms with E-state index in [0.717, 1.165) is 18.4 Å². The highest BCUT2D eigenvalue weighted by atomic mass is 16.6. The third-order valence-electron chi connectivity index (χ3n) is 4.53. The van der Waals surface area contributed by atoms with Gasteiger partial charge < -0.3 is 24.7 Å². The zero-order valence-corrected chi connectivity index (χ0v) is 19.5. The number of methoxy groups -OCH3 is 1. The van der Waals surface area contributed by atoms with Crippen molar-refractivity contribution < 1.29 is 28.5 Å². The molecular formula is C26H28N2O6. The first-order chi connectivity index (χ1) is 16.4. The minimum Gasteiger partial charge on any atom is -0.493 e. The fourth-order valence-electron chi connectivity index (χ4n) is 2.83. The van der Waals surface area contributed by atoms with Crippen molar-refractivity contribution in [2.24, 2.45) is 5.73 Å². The molecule has 0 saturated carbocycles. The molecule has 0 bridgehead atoms. The lowest BCUT2D eigenvalue weighted by Gasteiger charge is -2.12. The van der Waals surface area contributed by atoms with E-state index < -0.39 is 11.9 Å². The molecule has 0 aliphatic heterocycles. The van der Waals surface area contributed by atoms with Gasteiger partial charge in [-0.1, -0.05) is 25.5 Å². The maximum atomic E-state index is 12.4. The van der Waals surface area contributed by atoms with Gasteiger partial charge in [0.1, 0.15) is 11.6 Å². The molecule has 178 valence electrons. The first-order valence-electron chi connectivity index (χ1n) is 10.8. The average Bonchev–Trinajstić information content (AvgIpc) is 2.83. The van der Waals surface area contributed by atoms with Crippen molar-refractivity contribution in [2.45, 2.75) is 26.7 Å². The monoisotopic (exact) mass is 464 g/mol. The number of carbonyl (C=O) groups excluding carboxylic acids is 2. The second kappa shape index (κ2) is 13.3. The van der Waals surface area contributed by atoms with E-state index in [9.17, 15) is 9.59 Å². The Morgan fingerprint density at radius 3 is 2.35 bits per heavy atom. The van der Waals surface area contributed by atoms with Gasteiger partial charge in [0.05, 0.1) is 20.3 Å². The Bertz CT molecular complexity index is 1110. The molecule has 0 saturated heterocycles. The van der Waals surface area contributed by atoms with Crippen LogP contribution in [0.5, 0.6) is 23.0 Å². The molecule has 8 heteroatoms. The Morgan fingerprint density at radius 1 is 1.00 bits per heavy atom. The van der Waals surface area contributed by atoms with Crippen LogP contribution in [0.4, 0.5) is 0 Å². The van der Waals surface area contributed by atoms with Gasteiger partial charge in [-0.15, -0.1) is 0 Å². The van der Waals surface area contributed by atoms with Crippen LogP contribution in [0.2, 0.25) is 0 Å². The molecule has 0 atom stereocenters. The van der Waals surface area contributed by atoms with Crippen LogP contribution in [0.3, 0.4) is 0 Å². The predicted octanol–water partition coefficient (Wildman–Crippen LogP) is 4.28. The number of amides is 1. The second-order valence-corrected chi connectivity index (χ2v) is 7.04. The summed E-state index contributed by atoms with van der Waals surface area (Å²) in [5.74, 6) is 0.246. The number of benzene rings is 2. The van der Waals surface area contributed by atoms with Gasteiger partial charge in [-0.05, 0) is 60.9 Å². The third kappa shape index (κ3) is 7.71. The largest absolute Gasteiger partial charge is 0.493 e. The molecule has 1 amide bonds. The smallest absolute Gasteiger partial charge is 0.336 e. The standard InChI is InChI=1S/C26H28N2O6/c1-4-6-13-33-21-10-7-18(15-24(21)32-5-2)9-12-25(29)34-22-11-8-19(16-23(22)31-3)14-20(17-27)26(28)30/h7-12,14-16H,4-6,13H2,1-3H3,(H2,28,30)/b12-9+,20-14+. The molecule has 2 aromatic carbocycles. The number of unbranched alkanes of at least 4 members (excludes halogenated alkanes) is 1. The predicted molar refractivity (Wildman–Crippen MR) is 128 cm³/mol. The first-order valence-corrected chi connectivity index (χ1v) is 10.8. The molecule has 2 rings (SSSR count). The van der Waals surface area contributed by atoms with Crippen LogP contribution in [-0.4, -0.2) is 32.2 Å². The highest BCUT2D eigenvalue weighted by Gasteiger charge is 2.11. The average molecular weight is 465 g/mol. The van der Waals surface area contributed by atoms with E-state index in [4.69, 9.17) is 29.9 Å². The molecule has 0 heterocycles. The van der Waals surface area contributed by atoms with Gasteiger partial charge >= 0.3 is 5.97 Å². The number of rotatable bonds is 12. The zero-order chi connectivity index (χ0) is 24.9. The minimum atomic E-state index is -0.838. The Labute approximate surface area is 199 Å². The Morgan fingerprint density at radius 2 is 1.71 bits per heavy atom. The third-order valence-corrected chi connectivity index (χ3v) is 4.53. The topological polar surface area (TPSA) is 121 Å². The molecule has 0 radical (unpaired) electrons. The van der Waals surface area contributed by atoms with Gasteiger partial charge in [0, 0.05) is 6.08 Å². The van der Waals surface area contributed by atoms with E-state index in [2.05, 4.69) is 6.92 Å². The van der Waals surface area contributed by atoms with E-state index in [1.165, 1.54) is 31.4 Å². The van der Waals surface area contributed by atoms with Crippen LogP contribution in [0.1, 0.15) is 37.8 Å². The van der Waals surface area contributed by atoms with Gasteiger partial charge in [0.15, 0.2) is 23.0 Å². The number of nitriles is 1. The first kappa shape index (κ1) is 26.0. The normalized spacial score (nSPS) is 11.1. The van der Waals surface area contributed by atoms with E-state index in [-0.39, 0.29) is 17.1 Å². The van der Waals surface area contributed by atoms with Gasteiger partial charge in [-0.25, -0.2) is 4.79 Å². The number of carbonyl (C=O) groups is 2. The maximum Gasteiger partial charge on any atom is 0.336 e. The molecular weight excluding hydrogens is 436 g/mol. The molecule has 8 nitrogen and oxygen atoms in total. The minimum absolute atomic E-state index is 0.182. The van der Waals surface area contributed by atoms with Crippen LogP contribution in [0.25, 0.3) is 12.2 Å². The van der Waals surface area contributed by atoms with E-state index in [1.807, 2.05) is 19.1 Å². The van der Waals surface area contributed by atoms with E-state index in [1.54, 1.807) is 24.3 Å². The van der Waals surface area contributed by atoms with Crippen molar-refractivity contribution >= 4 is 24.0 Å². The summed E-state index contributed by atoms with van der Waals surface area (Å²) in [6.07, 6.45) is 6.20. The van der Waals surface area contributed by atoms with Crippen LogP contribution < -0.4 is 24.7 Å². The van der Waals surface area contributed by atoms with Gasteiger partial charge in [-0.3, -0.25) is 4.79 Å². The zero-order valence-electron chi connectivity index (χ0n) is 19.5. The molecule has 2 N–H and O–H groups in total. The molecule has 0 aliphatic carbocycles. The van der Waals surface area contributed by atoms with Gasteiger partial charge in [0.25, 0.3) is 5.91 Å². The van der Waals surface area contributed by atoms with Crippen LogP contribution in [0.15, 0.2) is 48.0 Å².